The van der Waals surface area contributed by atoms with E-state index in [1.54, 1.807) is 29.3 Å². The lowest BCUT2D eigenvalue weighted by molar-refractivity contribution is -0.174. The maximum Gasteiger partial charge on any atom is 0.254 e. The van der Waals surface area contributed by atoms with E-state index in [-0.39, 0.29) is 23.4 Å². The molecule has 1 amide bonds. The van der Waals surface area contributed by atoms with Gasteiger partial charge in [-0.1, -0.05) is 12.1 Å². The minimum atomic E-state index is -0.329. The summed E-state index contributed by atoms with van der Waals surface area (Å²) in [5.74, 6) is 0.633. The Bertz CT molecular complexity index is 759. The second-order valence-corrected chi connectivity index (χ2v) is 6.64. The van der Waals surface area contributed by atoms with Crippen LogP contribution in [0, 0.1) is 0 Å². The van der Waals surface area contributed by atoms with Crippen molar-refractivity contribution in [1.29, 1.82) is 0 Å². The van der Waals surface area contributed by atoms with Gasteiger partial charge in [0.2, 0.25) is 5.88 Å². The summed E-state index contributed by atoms with van der Waals surface area (Å²) in [5.41, 5.74) is 0.163. The van der Waals surface area contributed by atoms with Gasteiger partial charge in [0.1, 0.15) is 17.5 Å². The summed E-state index contributed by atoms with van der Waals surface area (Å²) in [7, 11) is 0. The van der Waals surface area contributed by atoms with Gasteiger partial charge in [-0.05, 0) is 24.3 Å². The second kappa shape index (κ2) is 6.37. The zero-order valence-electron chi connectivity index (χ0n) is 13.8. The van der Waals surface area contributed by atoms with Crippen molar-refractivity contribution in [3.8, 4) is 11.6 Å². The Labute approximate surface area is 146 Å². The summed E-state index contributed by atoms with van der Waals surface area (Å²) in [6, 6.07) is 12.0. The molecular weight excluding hydrogens is 320 g/mol. The summed E-state index contributed by atoms with van der Waals surface area (Å²) < 4.78 is 11.9. The highest BCUT2D eigenvalue weighted by atomic mass is 16.5. The molecule has 2 aliphatic heterocycles. The minimum absolute atomic E-state index is 0.0432. The predicted octanol–water partition coefficient (Wildman–Crippen LogP) is 2.24. The Morgan fingerprint density at radius 2 is 2.16 bits per heavy atom. The number of rotatable bonds is 3. The van der Waals surface area contributed by atoms with Crippen molar-refractivity contribution in [1.82, 2.24) is 9.88 Å². The minimum Gasteiger partial charge on any atom is -0.508 e. The molecule has 0 saturated carbocycles. The number of hydrogen-bond donors (Lipinski definition) is 1. The monoisotopic (exact) mass is 340 g/mol. The lowest BCUT2D eigenvalue weighted by Gasteiger charge is -2.52. The largest absolute Gasteiger partial charge is 0.508 e. The number of nitrogens with zero attached hydrogens (tertiary/aromatic N) is 2. The Morgan fingerprint density at radius 3 is 2.92 bits per heavy atom. The van der Waals surface area contributed by atoms with Crippen LogP contribution in [0.4, 0.5) is 0 Å². The van der Waals surface area contributed by atoms with E-state index >= 15 is 0 Å². The molecule has 2 aliphatic rings. The third-order valence-electron chi connectivity index (χ3n) is 4.71. The lowest BCUT2D eigenvalue weighted by atomic mass is 9.84. The topological polar surface area (TPSA) is 71.9 Å². The number of amides is 1. The van der Waals surface area contributed by atoms with Gasteiger partial charge in [0.15, 0.2) is 0 Å². The molecule has 130 valence electrons. The number of phenolic OH excluding ortho intramolecular Hbond substituents is 1. The third kappa shape index (κ3) is 3.30. The van der Waals surface area contributed by atoms with Gasteiger partial charge in [0.05, 0.1) is 19.7 Å². The molecule has 4 rings (SSSR count). The van der Waals surface area contributed by atoms with Crippen LogP contribution in [-0.4, -0.2) is 52.3 Å². The van der Waals surface area contributed by atoms with Crippen molar-refractivity contribution in [2.24, 2.45) is 0 Å². The lowest BCUT2D eigenvalue weighted by Crippen LogP contribution is -2.67. The first-order valence-corrected chi connectivity index (χ1v) is 8.44. The van der Waals surface area contributed by atoms with Crippen LogP contribution in [0.3, 0.4) is 0 Å². The third-order valence-corrected chi connectivity index (χ3v) is 4.71. The first-order valence-electron chi connectivity index (χ1n) is 8.44. The second-order valence-electron chi connectivity index (χ2n) is 6.64. The van der Waals surface area contributed by atoms with Crippen molar-refractivity contribution in [3.63, 3.8) is 0 Å². The summed E-state index contributed by atoms with van der Waals surface area (Å²) in [4.78, 5) is 18.4. The average Bonchev–Trinajstić information content (AvgIpc) is 2.60. The molecule has 3 heterocycles. The quantitative estimate of drug-likeness (QED) is 0.928. The first kappa shape index (κ1) is 15.9. The van der Waals surface area contributed by atoms with Gasteiger partial charge in [0, 0.05) is 30.7 Å². The van der Waals surface area contributed by atoms with Gasteiger partial charge in [-0.25, -0.2) is 4.98 Å². The summed E-state index contributed by atoms with van der Waals surface area (Å²) >= 11 is 0. The van der Waals surface area contributed by atoms with Crippen LogP contribution in [0.5, 0.6) is 11.6 Å². The SMILES string of the molecule is O=C(c1cccc(O)c1)N1CC2(C[C@H](Oc3ccccn3)CCO2)C1. The van der Waals surface area contributed by atoms with Gasteiger partial charge < -0.3 is 19.5 Å². The van der Waals surface area contributed by atoms with Crippen molar-refractivity contribution in [2.45, 2.75) is 24.5 Å². The highest BCUT2D eigenvalue weighted by Gasteiger charge is 2.50. The smallest absolute Gasteiger partial charge is 0.254 e. The van der Waals surface area contributed by atoms with E-state index in [1.807, 2.05) is 18.2 Å². The van der Waals surface area contributed by atoms with Crippen molar-refractivity contribution >= 4 is 5.91 Å². The Morgan fingerprint density at radius 1 is 1.28 bits per heavy atom. The number of benzene rings is 1. The molecule has 2 aromatic rings. The summed E-state index contributed by atoms with van der Waals surface area (Å²) in [5, 5.41) is 9.53. The van der Waals surface area contributed by atoms with Crippen molar-refractivity contribution in [3.05, 3.63) is 54.2 Å². The van der Waals surface area contributed by atoms with E-state index in [2.05, 4.69) is 4.98 Å². The van der Waals surface area contributed by atoms with Gasteiger partial charge >= 0.3 is 0 Å². The molecule has 0 radical (unpaired) electrons. The molecule has 6 nitrogen and oxygen atoms in total. The van der Waals surface area contributed by atoms with E-state index in [4.69, 9.17) is 9.47 Å². The maximum atomic E-state index is 12.5. The highest BCUT2D eigenvalue weighted by molar-refractivity contribution is 5.95. The molecule has 6 heteroatoms. The molecule has 1 spiro atoms. The number of ether oxygens (including phenoxy) is 2. The van der Waals surface area contributed by atoms with E-state index in [1.165, 1.54) is 6.07 Å². The molecule has 0 unspecified atom stereocenters. The molecule has 25 heavy (non-hydrogen) atoms. The molecule has 2 fully saturated rings. The Kier molecular flexibility index (Phi) is 4.05. The van der Waals surface area contributed by atoms with E-state index < -0.39 is 0 Å². The Balaban J connectivity index is 1.37. The van der Waals surface area contributed by atoms with Gasteiger partial charge in [-0.2, -0.15) is 0 Å². The molecule has 2 saturated heterocycles. The number of phenols is 1. The van der Waals surface area contributed by atoms with Gasteiger partial charge in [0.25, 0.3) is 5.91 Å². The molecule has 0 aliphatic carbocycles. The van der Waals surface area contributed by atoms with E-state index in [9.17, 15) is 9.90 Å². The molecule has 1 aromatic carbocycles. The van der Waals surface area contributed by atoms with Gasteiger partial charge in [-0.15, -0.1) is 0 Å². The number of carbonyl (C=O) groups excluding carboxylic acids is 1. The standard InChI is InChI=1S/C19H20N2O4/c22-15-5-3-4-14(10-15)18(23)21-12-19(13-21)11-16(7-9-24-19)25-17-6-1-2-8-20-17/h1-6,8,10,16,22H,7,9,11-13H2/t16-/m1/s1. The number of carbonyl (C=O) groups is 1. The Hall–Kier alpha value is -2.60. The van der Waals surface area contributed by atoms with E-state index in [0.717, 1.165) is 12.8 Å². The van der Waals surface area contributed by atoms with Gasteiger partial charge in [-0.3, -0.25) is 4.79 Å². The average molecular weight is 340 g/mol. The van der Waals surface area contributed by atoms with Crippen LogP contribution < -0.4 is 4.74 Å². The fourth-order valence-electron chi connectivity index (χ4n) is 3.51. The first-order chi connectivity index (χ1) is 12.1. The molecule has 0 bridgehead atoms. The van der Waals surface area contributed by atoms with Crippen LogP contribution in [0.1, 0.15) is 23.2 Å². The molecular formula is C19H20N2O4. The fourth-order valence-corrected chi connectivity index (χ4v) is 3.51. The van der Waals surface area contributed by atoms with Crippen molar-refractivity contribution < 1.29 is 19.4 Å². The number of pyridine rings is 1. The molecule has 1 N–H and O–H groups in total. The zero-order valence-corrected chi connectivity index (χ0v) is 13.8. The normalized spacial score (nSPS) is 21.6. The summed E-state index contributed by atoms with van der Waals surface area (Å²) in [6.07, 6.45) is 3.32. The van der Waals surface area contributed by atoms with E-state index in [0.29, 0.717) is 31.1 Å². The van der Waals surface area contributed by atoms with Crippen LogP contribution in [0.15, 0.2) is 48.7 Å². The fraction of sp³-hybridized carbons (Fsp3) is 0.368. The van der Waals surface area contributed by atoms with Crippen molar-refractivity contribution in [2.75, 3.05) is 19.7 Å². The summed E-state index contributed by atoms with van der Waals surface area (Å²) in [6.45, 7) is 1.71. The van der Waals surface area contributed by atoms with Crippen LogP contribution >= 0.6 is 0 Å². The highest BCUT2D eigenvalue weighted by Crippen LogP contribution is 2.36. The predicted molar refractivity (Wildman–Crippen MR) is 90.6 cm³/mol. The number of hydrogen-bond acceptors (Lipinski definition) is 5. The number of aromatic nitrogens is 1. The zero-order chi connectivity index (χ0) is 17.3. The number of aromatic hydroxyl groups is 1. The molecule has 1 atom stereocenters. The number of likely N-dealkylation sites (tertiary alicyclic amines) is 1. The molecule has 1 aromatic heterocycles. The van der Waals surface area contributed by atoms with Crippen LogP contribution in [0.2, 0.25) is 0 Å². The maximum absolute atomic E-state index is 12.5. The van der Waals surface area contributed by atoms with Crippen LogP contribution in [0.25, 0.3) is 0 Å². The van der Waals surface area contributed by atoms with Crippen LogP contribution in [-0.2, 0) is 4.74 Å².